The number of carbonyl (C=O) groups excluding carboxylic acids is 1. The maximum absolute atomic E-state index is 12.7. The highest BCUT2D eigenvalue weighted by atomic mass is 31.2. The Hall–Kier alpha value is -2.58. The van der Waals surface area contributed by atoms with E-state index in [1.54, 1.807) is 0 Å². The van der Waals surface area contributed by atoms with Crippen LogP contribution >= 0.6 is 7.82 Å². The van der Waals surface area contributed by atoms with Gasteiger partial charge in [-0.15, -0.1) is 0 Å². The molecule has 8 nitrogen and oxygen atoms in total. The van der Waals surface area contributed by atoms with Crippen molar-refractivity contribution < 1.29 is 37.3 Å². The summed E-state index contributed by atoms with van der Waals surface area (Å²) < 4.78 is 34.9. The molecule has 2 unspecified atom stereocenters. The number of quaternary nitrogens is 1. The molecule has 0 fully saturated rings. The first-order valence-corrected chi connectivity index (χ1v) is 24.5. The summed E-state index contributed by atoms with van der Waals surface area (Å²) in [6.45, 7) is 5.22. The van der Waals surface area contributed by atoms with Gasteiger partial charge in [-0.3, -0.25) is 13.8 Å². The fourth-order valence-corrected chi connectivity index (χ4v) is 6.36. The van der Waals surface area contributed by atoms with Gasteiger partial charge in [-0.05, 0) is 83.5 Å². The number of likely N-dealkylation sites (N-methyl/N-ethyl adjacent to an activating group) is 1. The van der Waals surface area contributed by atoms with Crippen molar-refractivity contribution in [3.63, 3.8) is 0 Å². The number of esters is 1. The quantitative estimate of drug-likeness (QED) is 0.0215. The first kappa shape index (κ1) is 56.4. The van der Waals surface area contributed by atoms with E-state index in [4.69, 9.17) is 18.5 Å². The second-order valence-electron chi connectivity index (χ2n) is 16.0. The summed E-state index contributed by atoms with van der Waals surface area (Å²) >= 11 is 0. The van der Waals surface area contributed by atoms with Crippen molar-refractivity contribution in [2.45, 2.75) is 161 Å². The van der Waals surface area contributed by atoms with Crippen molar-refractivity contribution >= 4 is 13.8 Å². The smallest absolute Gasteiger partial charge is 0.457 e. The van der Waals surface area contributed by atoms with E-state index in [1.165, 1.54) is 51.4 Å². The normalized spacial score (nSPS) is 14.6. The fourth-order valence-electron chi connectivity index (χ4n) is 5.62. The van der Waals surface area contributed by atoms with Crippen LogP contribution < -0.4 is 0 Å². The number of nitrogens with zero attached hydrogens (tertiary/aromatic N) is 1. The van der Waals surface area contributed by atoms with E-state index in [1.807, 2.05) is 21.1 Å². The lowest BCUT2D eigenvalue weighted by Gasteiger charge is -2.24. The van der Waals surface area contributed by atoms with Gasteiger partial charge in [0, 0.05) is 6.42 Å². The van der Waals surface area contributed by atoms with Crippen LogP contribution in [0.1, 0.15) is 155 Å². The summed E-state index contributed by atoms with van der Waals surface area (Å²) in [5.74, 6) is -0.355. The SMILES string of the molecule is CC/C=C\C/C=C\C/C=C\C/C=C\C/C=C\CCOCC(COP(=O)(O)OCC[N+](C)(C)C)OC(=O)CCCCCCCC/C=C\C/C=C\C/C=C\CCCCCCC. The molecule has 2 atom stereocenters. The summed E-state index contributed by atoms with van der Waals surface area (Å²) in [6, 6.07) is 0. The Kier molecular flexibility index (Phi) is 40.3. The summed E-state index contributed by atoms with van der Waals surface area (Å²) in [5.41, 5.74) is 0. The standard InChI is InChI=1S/C50H86NO7P/c1-6-8-10-12-14-16-18-20-22-24-25-26-27-28-29-31-33-35-37-39-41-43-50(52)58-49(48-57-59(53,54)56-46-44-51(3,4)5)47-55-45-42-40-38-36-34-32-30-23-21-19-17-15-13-11-9-7-2/h9,11,15,17-18,20-21,23-25,27-28,32,34,38,40,49H,6-8,10,12-14,16,19,22,26,29-31,33,35-37,39,41-48H2,1-5H3/p+1/b11-9-,17-15-,20-18-,23-21-,25-24-,28-27-,34-32-,40-38-. The van der Waals surface area contributed by atoms with Crippen molar-refractivity contribution in [3.05, 3.63) is 97.2 Å². The Morgan fingerprint density at radius 1 is 0.542 bits per heavy atom. The third kappa shape index (κ3) is 46.3. The fraction of sp³-hybridized carbons (Fsp3) is 0.660. The van der Waals surface area contributed by atoms with Crippen molar-refractivity contribution in [3.8, 4) is 0 Å². The lowest BCUT2D eigenvalue weighted by Crippen LogP contribution is -2.37. The second kappa shape index (κ2) is 42.1. The zero-order valence-electron chi connectivity index (χ0n) is 38.2. The number of allylic oxidation sites excluding steroid dienone is 15. The number of rotatable bonds is 41. The molecule has 0 rings (SSSR count). The third-order valence-electron chi connectivity index (χ3n) is 9.15. The Bertz CT molecular complexity index is 1260. The molecule has 0 aliphatic rings. The van der Waals surface area contributed by atoms with Crippen molar-refractivity contribution in [2.75, 3.05) is 54.1 Å². The van der Waals surface area contributed by atoms with Crippen molar-refractivity contribution in [1.29, 1.82) is 0 Å². The molecule has 0 radical (unpaired) electrons. The van der Waals surface area contributed by atoms with E-state index in [9.17, 15) is 14.3 Å². The van der Waals surface area contributed by atoms with E-state index >= 15 is 0 Å². The van der Waals surface area contributed by atoms with E-state index in [0.717, 1.165) is 77.0 Å². The van der Waals surface area contributed by atoms with E-state index in [-0.39, 0.29) is 25.8 Å². The predicted octanol–water partition coefficient (Wildman–Crippen LogP) is 13.8. The number of phosphoric acid groups is 1. The Labute approximate surface area is 362 Å². The monoisotopic (exact) mass is 845 g/mol. The van der Waals surface area contributed by atoms with Gasteiger partial charge in [0.1, 0.15) is 19.3 Å². The number of hydrogen-bond acceptors (Lipinski definition) is 6. The van der Waals surface area contributed by atoms with Gasteiger partial charge in [0.15, 0.2) is 0 Å². The summed E-state index contributed by atoms with van der Waals surface area (Å²) in [5, 5.41) is 0. The minimum Gasteiger partial charge on any atom is -0.457 e. The molecule has 0 saturated heterocycles. The van der Waals surface area contributed by atoms with Crippen LogP contribution in [-0.2, 0) is 27.9 Å². The van der Waals surface area contributed by atoms with Crippen LogP contribution in [0.15, 0.2) is 97.2 Å². The Balaban J connectivity index is 4.36. The average Bonchev–Trinajstić information content (AvgIpc) is 3.19. The molecule has 0 spiro atoms. The lowest BCUT2D eigenvalue weighted by molar-refractivity contribution is -0.870. The minimum atomic E-state index is -4.31. The number of unbranched alkanes of at least 4 members (excludes halogenated alkanes) is 11. The van der Waals surface area contributed by atoms with Gasteiger partial charge in [-0.25, -0.2) is 4.57 Å². The van der Waals surface area contributed by atoms with Gasteiger partial charge < -0.3 is 18.9 Å². The molecule has 0 aromatic rings. The van der Waals surface area contributed by atoms with Crippen LogP contribution in [0.5, 0.6) is 0 Å². The average molecular weight is 845 g/mol. The Morgan fingerprint density at radius 2 is 0.983 bits per heavy atom. The molecule has 338 valence electrons. The third-order valence-corrected chi connectivity index (χ3v) is 10.1. The summed E-state index contributed by atoms with van der Waals surface area (Å²) in [7, 11) is 1.60. The molecule has 9 heteroatoms. The van der Waals surface area contributed by atoms with E-state index in [0.29, 0.717) is 30.5 Å². The highest BCUT2D eigenvalue weighted by Crippen LogP contribution is 2.43. The number of carbonyl (C=O) groups is 1. The first-order valence-electron chi connectivity index (χ1n) is 23.0. The van der Waals surface area contributed by atoms with Gasteiger partial charge in [-0.2, -0.15) is 0 Å². The van der Waals surface area contributed by atoms with Crippen LogP contribution in [0, 0.1) is 0 Å². The van der Waals surface area contributed by atoms with Gasteiger partial charge in [0.25, 0.3) is 0 Å². The van der Waals surface area contributed by atoms with Gasteiger partial charge in [0.2, 0.25) is 0 Å². The summed E-state index contributed by atoms with van der Waals surface area (Å²) in [6.07, 6.45) is 57.5. The summed E-state index contributed by atoms with van der Waals surface area (Å²) in [4.78, 5) is 22.9. The predicted molar refractivity (Wildman–Crippen MR) is 251 cm³/mol. The Morgan fingerprint density at radius 3 is 1.47 bits per heavy atom. The molecule has 0 amide bonds. The highest BCUT2D eigenvalue weighted by molar-refractivity contribution is 7.47. The van der Waals surface area contributed by atoms with Crippen LogP contribution in [-0.4, -0.2) is 75.6 Å². The number of ether oxygens (including phenoxy) is 2. The number of phosphoric ester groups is 1. The van der Waals surface area contributed by atoms with Crippen molar-refractivity contribution in [1.82, 2.24) is 0 Å². The molecule has 0 saturated carbocycles. The molecule has 0 aromatic heterocycles. The zero-order chi connectivity index (χ0) is 43.4. The van der Waals surface area contributed by atoms with Crippen molar-refractivity contribution in [2.24, 2.45) is 0 Å². The lowest BCUT2D eigenvalue weighted by atomic mass is 10.1. The maximum atomic E-state index is 12.7. The molecular weight excluding hydrogens is 758 g/mol. The molecule has 0 aliphatic carbocycles. The molecule has 59 heavy (non-hydrogen) atoms. The largest absolute Gasteiger partial charge is 0.472 e. The molecule has 0 aromatic carbocycles. The van der Waals surface area contributed by atoms with E-state index < -0.39 is 13.9 Å². The highest BCUT2D eigenvalue weighted by Gasteiger charge is 2.26. The first-order chi connectivity index (χ1) is 28.6. The number of hydrogen-bond donors (Lipinski definition) is 1. The maximum Gasteiger partial charge on any atom is 0.472 e. The minimum absolute atomic E-state index is 0.0662. The zero-order valence-corrected chi connectivity index (χ0v) is 39.1. The topological polar surface area (TPSA) is 91.3 Å². The molecule has 0 heterocycles. The van der Waals surface area contributed by atoms with Crippen LogP contribution in [0.4, 0.5) is 0 Å². The molecule has 0 aliphatic heterocycles. The molecular formula is C50H87NO7P+. The molecule has 1 N–H and O–H groups in total. The van der Waals surface area contributed by atoms with Crippen LogP contribution in [0.2, 0.25) is 0 Å². The second-order valence-corrected chi connectivity index (χ2v) is 17.5. The molecule has 0 bridgehead atoms. The van der Waals surface area contributed by atoms with Gasteiger partial charge >= 0.3 is 13.8 Å². The van der Waals surface area contributed by atoms with Crippen LogP contribution in [0.3, 0.4) is 0 Å². The van der Waals surface area contributed by atoms with Gasteiger partial charge in [0.05, 0.1) is 41.0 Å². The van der Waals surface area contributed by atoms with E-state index in [2.05, 4.69) is 111 Å². The van der Waals surface area contributed by atoms with Crippen LogP contribution in [0.25, 0.3) is 0 Å². The van der Waals surface area contributed by atoms with Gasteiger partial charge in [-0.1, -0.05) is 162 Å².